The summed E-state index contributed by atoms with van der Waals surface area (Å²) in [6, 6.07) is 27.9. The summed E-state index contributed by atoms with van der Waals surface area (Å²) >= 11 is 0. The van der Waals surface area contributed by atoms with Crippen molar-refractivity contribution in [2.75, 3.05) is 18.1 Å². The van der Waals surface area contributed by atoms with Crippen LogP contribution in [0.15, 0.2) is 78.9 Å². The fourth-order valence-corrected chi connectivity index (χ4v) is 5.91. The lowest BCUT2D eigenvalue weighted by molar-refractivity contribution is 0.243. The van der Waals surface area contributed by atoms with Gasteiger partial charge in [-0.25, -0.2) is 4.98 Å². The Bertz CT molecular complexity index is 1590. The molecule has 3 aromatic carbocycles. The van der Waals surface area contributed by atoms with Gasteiger partial charge in [-0.1, -0.05) is 80.1 Å². The number of aromatic nitrogens is 6. The Labute approximate surface area is 241 Å². The molecule has 1 aliphatic heterocycles. The number of para-hydroxylation sites is 1. The third-order valence-corrected chi connectivity index (χ3v) is 8.25. The van der Waals surface area contributed by atoms with Crippen molar-refractivity contribution >= 4 is 11.5 Å². The monoisotopic (exact) mass is 544 g/mol. The maximum absolute atomic E-state index is 5.32. The largest absolute Gasteiger partial charge is 0.324 e. The van der Waals surface area contributed by atoms with Gasteiger partial charge in [0.05, 0.1) is 12.4 Å². The van der Waals surface area contributed by atoms with E-state index >= 15 is 0 Å². The zero-order valence-electron chi connectivity index (χ0n) is 23.6. The summed E-state index contributed by atoms with van der Waals surface area (Å²) in [6.07, 6.45) is 6.00. The number of benzene rings is 3. The number of aryl methyl sites for hydroxylation is 1. The maximum Gasteiger partial charge on any atom is 0.205 e. The number of rotatable bonds is 10. The van der Waals surface area contributed by atoms with E-state index in [-0.39, 0.29) is 0 Å². The predicted molar refractivity (Wildman–Crippen MR) is 162 cm³/mol. The second-order valence-electron chi connectivity index (χ2n) is 11.3. The second-order valence-corrected chi connectivity index (χ2v) is 11.3. The first-order chi connectivity index (χ1) is 20.3. The van der Waals surface area contributed by atoms with Crippen molar-refractivity contribution in [1.29, 1.82) is 0 Å². The van der Waals surface area contributed by atoms with Gasteiger partial charge in [0.2, 0.25) is 5.82 Å². The summed E-state index contributed by atoms with van der Waals surface area (Å²) in [5.41, 5.74) is 7.02. The molecule has 1 aliphatic carbocycles. The fourth-order valence-electron chi connectivity index (χ4n) is 5.91. The molecule has 208 valence electrons. The normalized spacial score (nSPS) is 15.3. The van der Waals surface area contributed by atoms with E-state index in [1.165, 1.54) is 35.6 Å². The van der Waals surface area contributed by atoms with Gasteiger partial charge in [0.25, 0.3) is 0 Å². The molecular formula is C33H36N8. The lowest BCUT2D eigenvalue weighted by Crippen LogP contribution is -2.41. The molecule has 0 radical (unpaired) electrons. The van der Waals surface area contributed by atoms with E-state index in [1.54, 1.807) is 0 Å². The van der Waals surface area contributed by atoms with Gasteiger partial charge in [0, 0.05) is 37.3 Å². The summed E-state index contributed by atoms with van der Waals surface area (Å²) < 4.78 is 2.50. The molecule has 8 nitrogen and oxygen atoms in total. The number of hydrogen-bond donors (Lipinski definition) is 1. The van der Waals surface area contributed by atoms with Gasteiger partial charge in [0.15, 0.2) is 5.82 Å². The SMILES string of the molecule is CCCCc1nc2c(n1Cc1ccc(-c3ccccc3-c3nn[nH]n3)cc1)CN(CC1CC1)CN2c1ccccc1. The average molecular weight is 545 g/mol. The van der Waals surface area contributed by atoms with E-state index in [0.717, 1.165) is 74.0 Å². The fraction of sp³-hybridized carbons (Fsp3) is 0.333. The molecule has 3 heterocycles. The Morgan fingerprint density at radius 2 is 1.68 bits per heavy atom. The Morgan fingerprint density at radius 1 is 0.902 bits per heavy atom. The van der Waals surface area contributed by atoms with Gasteiger partial charge in [-0.15, -0.1) is 10.2 Å². The van der Waals surface area contributed by atoms with Crippen molar-refractivity contribution in [3.8, 4) is 22.5 Å². The standard InChI is InChI=1S/C33H36N8/c1-2-3-13-31-34-33-30(22-39(20-24-14-15-24)23-41(33)27-9-5-4-6-10-27)40(31)21-25-16-18-26(19-17-25)28-11-7-8-12-29(28)32-35-37-38-36-32/h4-12,16-19,24H,2-3,13-15,20-23H2,1H3,(H,35,36,37,38). The molecule has 0 spiro atoms. The summed E-state index contributed by atoms with van der Waals surface area (Å²) in [5.74, 6) is 3.76. The molecule has 0 saturated heterocycles. The molecular weight excluding hydrogens is 508 g/mol. The van der Waals surface area contributed by atoms with Gasteiger partial charge < -0.3 is 9.47 Å². The molecule has 1 fully saturated rings. The van der Waals surface area contributed by atoms with Crippen LogP contribution < -0.4 is 4.90 Å². The van der Waals surface area contributed by atoms with Crippen LogP contribution >= 0.6 is 0 Å². The molecule has 2 aromatic heterocycles. The highest BCUT2D eigenvalue weighted by atomic mass is 15.5. The van der Waals surface area contributed by atoms with Gasteiger partial charge in [-0.2, -0.15) is 5.21 Å². The lowest BCUT2D eigenvalue weighted by atomic mass is 9.98. The molecule has 1 N–H and O–H groups in total. The van der Waals surface area contributed by atoms with Crippen molar-refractivity contribution in [1.82, 2.24) is 35.1 Å². The minimum Gasteiger partial charge on any atom is -0.324 e. The van der Waals surface area contributed by atoms with Gasteiger partial charge in [-0.05, 0) is 59.2 Å². The third kappa shape index (κ3) is 5.39. The molecule has 41 heavy (non-hydrogen) atoms. The number of fused-ring (bicyclic) bond motifs is 1. The summed E-state index contributed by atoms with van der Waals surface area (Å²) in [5, 5.41) is 14.7. The average Bonchev–Trinajstić information content (AvgIpc) is 3.53. The lowest BCUT2D eigenvalue weighted by Gasteiger charge is -2.36. The summed E-state index contributed by atoms with van der Waals surface area (Å²) in [4.78, 5) is 10.4. The van der Waals surface area contributed by atoms with Crippen molar-refractivity contribution in [3.63, 3.8) is 0 Å². The van der Waals surface area contributed by atoms with Gasteiger partial charge in [-0.3, -0.25) is 4.90 Å². The first-order valence-electron chi connectivity index (χ1n) is 14.8. The van der Waals surface area contributed by atoms with Crippen LogP contribution in [0.5, 0.6) is 0 Å². The topological polar surface area (TPSA) is 78.8 Å². The number of imidazole rings is 1. The van der Waals surface area contributed by atoms with Gasteiger partial charge >= 0.3 is 0 Å². The first kappa shape index (κ1) is 25.7. The van der Waals surface area contributed by atoms with E-state index in [1.807, 2.05) is 12.1 Å². The highest BCUT2D eigenvalue weighted by Gasteiger charge is 2.33. The van der Waals surface area contributed by atoms with Crippen LogP contribution in [-0.4, -0.2) is 48.3 Å². The van der Waals surface area contributed by atoms with Crippen molar-refractivity contribution < 1.29 is 0 Å². The summed E-state index contributed by atoms with van der Waals surface area (Å²) in [6.45, 7) is 6.07. The van der Waals surface area contributed by atoms with Crippen LogP contribution in [0.3, 0.4) is 0 Å². The predicted octanol–water partition coefficient (Wildman–Crippen LogP) is 6.44. The quantitative estimate of drug-likeness (QED) is 0.218. The van der Waals surface area contributed by atoms with E-state index in [4.69, 9.17) is 4.98 Å². The van der Waals surface area contributed by atoms with Crippen molar-refractivity contribution in [3.05, 3.63) is 95.9 Å². The van der Waals surface area contributed by atoms with Gasteiger partial charge in [0.1, 0.15) is 5.82 Å². The Morgan fingerprint density at radius 3 is 2.41 bits per heavy atom. The molecule has 5 aromatic rings. The number of tetrazole rings is 1. The van der Waals surface area contributed by atoms with E-state index in [9.17, 15) is 0 Å². The second kappa shape index (κ2) is 11.3. The number of anilines is 2. The zero-order chi connectivity index (χ0) is 27.6. The number of aromatic amines is 1. The van der Waals surface area contributed by atoms with E-state index in [2.05, 4.69) is 109 Å². The highest BCUT2D eigenvalue weighted by molar-refractivity contribution is 5.80. The van der Waals surface area contributed by atoms with Crippen molar-refractivity contribution in [2.45, 2.75) is 52.1 Å². The molecule has 0 atom stereocenters. The number of H-pyrrole nitrogens is 1. The number of nitrogens with one attached hydrogen (secondary N) is 1. The first-order valence-corrected chi connectivity index (χ1v) is 14.8. The van der Waals surface area contributed by atoms with Crippen LogP contribution in [0, 0.1) is 5.92 Å². The van der Waals surface area contributed by atoms with Crippen LogP contribution in [0.1, 0.15) is 49.7 Å². The molecule has 8 heteroatoms. The molecule has 0 amide bonds. The van der Waals surface area contributed by atoms with Crippen LogP contribution in [-0.2, 0) is 19.5 Å². The Kier molecular flexibility index (Phi) is 7.07. The van der Waals surface area contributed by atoms with Crippen LogP contribution in [0.4, 0.5) is 11.5 Å². The molecule has 2 aliphatic rings. The molecule has 7 rings (SSSR count). The van der Waals surface area contributed by atoms with E-state index < -0.39 is 0 Å². The highest BCUT2D eigenvalue weighted by Crippen LogP contribution is 2.37. The van der Waals surface area contributed by atoms with Crippen molar-refractivity contribution in [2.24, 2.45) is 5.92 Å². The minimum absolute atomic E-state index is 0.606. The third-order valence-electron chi connectivity index (χ3n) is 8.25. The smallest absolute Gasteiger partial charge is 0.205 e. The summed E-state index contributed by atoms with van der Waals surface area (Å²) in [7, 11) is 0. The van der Waals surface area contributed by atoms with Crippen LogP contribution in [0.25, 0.3) is 22.5 Å². The number of nitrogens with zero attached hydrogens (tertiary/aromatic N) is 7. The molecule has 1 saturated carbocycles. The Balaban J connectivity index is 1.22. The molecule has 0 bridgehead atoms. The zero-order valence-corrected chi connectivity index (χ0v) is 23.6. The molecule has 0 unspecified atom stereocenters. The maximum atomic E-state index is 5.32. The number of unbranched alkanes of at least 4 members (excludes halogenated alkanes) is 1. The van der Waals surface area contributed by atoms with E-state index in [0.29, 0.717) is 5.82 Å². The van der Waals surface area contributed by atoms with Crippen LogP contribution in [0.2, 0.25) is 0 Å². The minimum atomic E-state index is 0.606. The Hall–Kier alpha value is -4.30. The number of hydrogen-bond acceptors (Lipinski definition) is 6.